The third kappa shape index (κ3) is 2.18. The largest absolute Gasteiger partial charge is 0.339 e. The van der Waals surface area contributed by atoms with Crippen LogP contribution in [0.5, 0.6) is 0 Å². The number of pyridine rings is 1. The standard InChI is InChI=1S/C15H13N3/c16-10-12-8-9-14(11-6-7-11)18-15(12)17-13-4-2-1-3-5-13/h1-5,8-9,11H,6-7H2,(H,17,18). The van der Waals surface area contributed by atoms with E-state index in [1.807, 2.05) is 42.5 Å². The number of para-hydroxylation sites is 1. The third-order valence-corrected chi connectivity index (χ3v) is 3.07. The maximum Gasteiger partial charge on any atom is 0.148 e. The van der Waals surface area contributed by atoms with Crippen molar-refractivity contribution in [2.75, 3.05) is 5.32 Å². The Labute approximate surface area is 106 Å². The van der Waals surface area contributed by atoms with Gasteiger partial charge < -0.3 is 5.32 Å². The van der Waals surface area contributed by atoms with E-state index in [9.17, 15) is 0 Å². The third-order valence-electron chi connectivity index (χ3n) is 3.07. The van der Waals surface area contributed by atoms with Crippen LogP contribution in [-0.2, 0) is 0 Å². The molecule has 1 aliphatic carbocycles. The molecule has 0 unspecified atom stereocenters. The predicted molar refractivity (Wildman–Crippen MR) is 70.7 cm³/mol. The Morgan fingerprint density at radius 3 is 2.56 bits per heavy atom. The second-order valence-electron chi connectivity index (χ2n) is 4.51. The van der Waals surface area contributed by atoms with E-state index in [0.717, 1.165) is 11.4 Å². The number of hydrogen-bond donors (Lipinski definition) is 1. The summed E-state index contributed by atoms with van der Waals surface area (Å²) in [7, 11) is 0. The molecule has 1 aliphatic rings. The summed E-state index contributed by atoms with van der Waals surface area (Å²) in [5.41, 5.74) is 2.63. The molecular formula is C15H13N3. The number of nitrogens with zero attached hydrogens (tertiary/aromatic N) is 2. The zero-order chi connectivity index (χ0) is 12.4. The zero-order valence-corrected chi connectivity index (χ0v) is 9.93. The fraction of sp³-hybridized carbons (Fsp3) is 0.200. The van der Waals surface area contributed by atoms with Gasteiger partial charge >= 0.3 is 0 Å². The maximum atomic E-state index is 9.11. The molecule has 3 nitrogen and oxygen atoms in total. The summed E-state index contributed by atoms with van der Waals surface area (Å²) in [4.78, 5) is 4.57. The van der Waals surface area contributed by atoms with Gasteiger partial charge in [-0.15, -0.1) is 0 Å². The van der Waals surface area contributed by atoms with Crippen molar-refractivity contribution in [2.24, 2.45) is 0 Å². The van der Waals surface area contributed by atoms with Gasteiger partial charge in [-0.25, -0.2) is 4.98 Å². The highest BCUT2D eigenvalue weighted by atomic mass is 15.0. The number of anilines is 2. The molecule has 0 atom stereocenters. The van der Waals surface area contributed by atoms with Gasteiger partial charge in [-0.1, -0.05) is 18.2 Å². The van der Waals surface area contributed by atoms with Gasteiger partial charge in [-0.2, -0.15) is 5.26 Å². The van der Waals surface area contributed by atoms with E-state index in [0.29, 0.717) is 17.3 Å². The maximum absolute atomic E-state index is 9.11. The Balaban J connectivity index is 1.94. The molecule has 1 heterocycles. The van der Waals surface area contributed by atoms with E-state index in [-0.39, 0.29) is 0 Å². The quantitative estimate of drug-likeness (QED) is 0.884. The Bertz CT molecular complexity index is 595. The molecule has 2 aromatic rings. The molecule has 18 heavy (non-hydrogen) atoms. The number of hydrogen-bond acceptors (Lipinski definition) is 3. The van der Waals surface area contributed by atoms with Crippen LogP contribution in [0.25, 0.3) is 0 Å². The summed E-state index contributed by atoms with van der Waals surface area (Å²) >= 11 is 0. The molecule has 1 N–H and O–H groups in total. The van der Waals surface area contributed by atoms with E-state index >= 15 is 0 Å². The van der Waals surface area contributed by atoms with E-state index in [1.165, 1.54) is 12.8 Å². The molecular weight excluding hydrogens is 222 g/mol. The van der Waals surface area contributed by atoms with Crippen molar-refractivity contribution in [3.8, 4) is 6.07 Å². The van der Waals surface area contributed by atoms with Crippen LogP contribution in [0.15, 0.2) is 42.5 Å². The zero-order valence-electron chi connectivity index (χ0n) is 9.93. The summed E-state index contributed by atoms with van der Waals surface area (Å²) in [5.74, 6) is 1.25. The molecule has 1 saturated carbocycles. The molecule has 0 spiro atoms. The highest BCUT2D eigenvalue weighted by molar-refractivity contribution is 5.62. The van der Waals surface area contributed by atoms with Crippen LogP contribution in [0.1, 0.15) is 30.0 Å². The molecule has 0 amide bonds. The van der Waals surface area contributed by atoms with Crippen molar-refractivity contribution in [3.63, 3.8) is 0 Å². The molecule has 0 saturated heterocycles. The highest BCUT2D eigenvalue weighted by Crippen LogP contribution is 2.39. The van der Waals surface area contributed by atoms with Crippen LogP contribution in [-0.4, -0.2) is 4.98 Å². The van der Waals surface area contributed by atoms with E-state index in [4.69, 9.17) is 5.26 Å². The molecule has 1 aromatic heterocycles. The van der Waals surface area contributed by atoms with Gasteiger partial charge in [0.25, 0.3) is 0 Å². The molecule has 1 aromatic carbocycles. The van der Waals surface area contributed by atoms with Gasteiger partial charge in [0.1, 0.15) is 11.9 Å². The van der Waals surface area contributed by atoms with Gasteiger partial charge in [0, 0.05) is 17.3 Å². The van der Waals surface area contributed by atoms with E-state index in [1.54, 1.807) is 0 Å². The number of benzene rings is 1. The normalized spacial score (nSPS) is 13.9. The molecule has 3 rings (SSSR count). The Hall–Kier alpha value is -2.34. The number of aromatic nitrogens is 1. The summed E-state index contributed by atoms with van der Waals surface area (Å²) in [6.07, 6.45) is 2.42. The monoisotopic (exact) mass is 235 g/mol. The smallest absolute Gasteiger partial charge is 0.148 e. The minimum atomic E-state index is 0.586. The molecule has 3 heteroatoms. The second kappa shape index (κ2) is 4.50. The summed E-state index contributed by atoms with van der Waals surface area (Å²) < 4.78 is 0. The van der Waals surface area contributed by atoms with Crippen LogP contribution in [0.4, 0.5) is 11.5 Å². The average Bonchev–Trinajstić information content (AvgIpc) is 3.24. The lowest BCUT2D eigenvalue weighted by Crippen LogP contribution is -1.99. The number of nitriles is 1. The first kappa shape index (κ1) is 10.8. The molecule has 0 radical (unpaired) electrons. The van der Waals surface area contributed by atoms with E-state index < -0.39 is 0 Å². The summed E-state index contributed by atoms with van der Waals surface area (Å²) in [5, 5.41) is 12.3. The molecule has 0 bridgehead atoms. The summed E-state index contributed by atoms with van der Waals surface area (Å²) in [6.45, 7) is 0. The Morgan fingerprint density at radius 1 is 1.11 bits per heavy atom. The fourth-order valence-electron chi connectivity index (χ4n) is 1.92. The van der Waals surface area contributed by atoms with Crippen molar-refractivity contribution < 1.29 is 0 Å². The molecule has 88 valence electrons. The van der Waals surface area contributed by atoms with Gasteiger partial charge in [-0.3, -0.25) is 0 Å². The van der Waals surface area contributed by atoms with Crippen molar-refractivity contribution in [2.45, 2.75) is 18.8 Å². The fourth-order valence-corrected chi connectivity index (χ4v) is 1.92. The van der Waals surface area contributed by atoms with Crippen molar-refractivity contribution in [1.29, 1.82) is 5.26 Å². The SMILES string of the molecule is N#Cc1ccc(C2CC2)nc1Nc1ccccc1. The lowest BCUT2D eigenvalue weighted by atomic mass is 10.2. The van der Waals surface area contributed by atoms with Gasteiger partial charge in [-0.05, 0) is 37.1 Å². The summed E-state index contributed by atoms with van der Waals surface area (Å²) in [6, 6.07) is 15.8. The first-order chi connectivity index (χ1) is 8.86. The predicted octanol–water partition coefficient (Wildman–Crippen LogP) is 3.57. The van der Waals surface area contributed by atoms with Crippen molar-refractivity contribution in [3.05, 3.63) is 53.7 Å². The minimum absolute atomic E-state index is 0.586. The topological polar surface area (TPSA) is 48.7 Å². The van der Waals surface area contributed by atoms with Crippen LogP contribution >= 0.6 is 0 Å². The van der Waals surface area contributed by atoms with Crippen molar-refractivity contribution in [1.82, 2.24) is 4.98 Å². The first-order valence-electron chi connectivity index (χ1n) is 6.10. The minimum Gasteiger partial charge on any atom is -0.339 e. The Morgan fingerprint density at radius 2 is 1.89 bits per heavy atom. The van der Waals surface area contributed by atoms with Gasteiger partial charge in [0.05, 0.1) is 5.56 Å². The number of rotatable bonds is 3. The second-order valence-corrected chi connectivity index (χ2v) is 4.51. The van der Waals surface area contributed by atoms with Crippen LogP contribution in [0.3, 0.4) is 0 Å². The Kier molecular flexibility index (Phi) is 2.70. The van der Waals surface area contributed by atoms with Crippen molar-refractivity contribution >= 4 is 11.5 Å². The first-order valence-corrected chi connectivity index (χ1v) is 6.10. The van der Waals surface area contributed by atoms with E-state index in [2.05, 4.69) is 16.4 Å². The van der Waals surface area contributed by atoms with Crippen LogP contribution in [0.2, 0.25) is 0 Å². The number of nitrogens with one attached hydrogen (secondary N) is 1. The van der Waals surface area contributed by atoms with Gasteiger partial charge in [0.15, 0.2) is 0 Å². The average molecular weight is 235 g/mol. The lowest BCUT2D eigenvalue weighted by Gasteiger charge is -2.08. The lowest BCUT2D eigenvalue weighted by molar-refractivity contribution is 1.02. The van der Waals surface area contributed by atoms with Crippen LogP contribution in [0, 0.1) is 11.3 Å². The van der Waals surface area contributed by atoms with Gasteiger partial charge in [0.2, 0.25) is 0 Å². The molecule has 1 fully saturated rings. The van der Waals surface area contributed by atoms with Crippen LogP contribution < -0.4 is 5.32 Å². The highest BCUT2D eigenvalue weighted by Gasteiger charge is 2.25. The molecule has 0 aliphatic heterocycles.